The fourth-order valence-corrected chi connectivity index (χ4v) is 3.29. The monoisotopic (exact) mass is 346 g/mol. The lowest BCUT2D eigenvalue weighted by Gasteiger charge is -2.16. The van der Waals surface area contributed by atoms with Gasteiger partial charge < -0.3 is 19.8 Å². The molecule has 1 fully saturated rings. The highest BCUT2D eigenvalue weighted by Gasteiger charge is 2.37. The minimum atomic E-state index is -0.129. The van der Waals surface area contributed by atoms with Crippen LogP contribution in [0.1, 0.15) is 40.5 Å². The molecular formula is C18H26N4O3. The van der Waals surface area contributed by atoms with Crippen LogP contribution in [0.25, 0.3) is 0 Å². The van der Waals surface area contributed by atoms with Gasteiger partial charge in [-0.3, -0.25) is 9.48 Å². The number of nitrogens with two attached hydrogens (primary N) is 1. The Hall–Kier alpha value is -2.12. The van der Waals surface area contributed by atoms with Gasteiger partial charge in [0.05, 0.1) is 24.8 Å². The Kier molecular flexibility index (Phi) is 5.24. The second-order valence-electron chi connectivity index (χ2n) is 6.52. The van der Waals surface area contributed by atoms with Gasteiger partial charge in [0.25, 0.3) is 5.91 Å². The Labute approximate surface area is 147 Å². The number of ether oxygens (including phenoxy) is 1. The van der Waals surface area contributed by atoms with Gasteiger partial charge in [-0.25, -0.2) is 0 Å². The normalized spacial score (nSPS) is 20.4. The first-order valence-electron chi connectivity index (χ1n) is 8.73. The van der Waals surface area contributed by atoms with E-state index >= 15 is 0 Å². The van der Waals surface area contributed by atoms with Crippen molar-refractivity contribution in [2.24, 2.45) is 5.73 Å². The first-order valence-corrected chi connectivity index (χ1v) is 8.73. The second kappa shape index (κ2) is 7.41. The molecule has 2 atom stereocenters. The second-order valence-corrected chi connectivity index (χ2v) is 6.52. The van der Waals surface area contributed by atoms with E-state index in [0.29, 0.717) is 38.5 Å². The topological polar surface area (TPSA) is 86.5 Å². The van der Waals surface area contributed by atoms with Gasteiger partial charge in [-0.05, 0) is 39.0 Å². The van der Waals surface area contributed by atoms with Gasteiger partial charge in [-0.2, -0.15) is 5.10 Å². The molecule has 7 nitrogen and oxygen atoms in total. The van der Waals surface area contributed by atoms with Crippen LogP contribution in [0.15, 0.2) is 22.6 Å². The van der Waals surface area contributed by atoms with Crippen LogP contribution >= 0.6 is 0 Å². The molecule has 2 aromatic rings. The highest BCUT2D eigenvalue weighted by Crippen LogP contribution is 2.29. The average molecular weight is 346 g/mol. The van der Waals surface area contributed by atoms with Gasteiger partial charge in [-0.1, -0.05) is 0 Å². The molecule has 25 heavy (non-hydrogen) atoms. The predicted octanol–water partition coefficient (Wildman–Crippen LogP) is 1.70. The smallest absolute Gasteiger partial charge is 0.272 e. The molecule has 1 saturated heterocycles. The largest absolute Gasteiger partial charge is 0.466 e. The van der Waals surface area contributed by atoms with E-state index in [1.807, 2.05) is 39.0 Å². The standard InChI is InChI=1S/C18H26N4O3/c1-4-24-8-7-22-16(9-12(2)20-22)18(23)21-10-14(15(19)11-21)17-6-5-13(3)25-17/h5-6,9,14-15H,4,7-8,10-11,19H2,1-3H3. The number of hydrogen-bond donors (Lipinski definition) is 1. The molecule has 1 amide bonds. The molecule has 3 heterocycles. The Bertz CT molecular complexity index is 737. The summed E-state index contributed by atoms with van der Waals surface area (Å²) in [4.78, 5) is 14.8. The number of hydrogen-bond acceptors (Lipinski definition) is 5. The molecule has 136 valence electrons. The van der Waals surface area contributed by atoms with Crippen LogP contribution in [0.5, 0.6) is 0 Å². The van der Waals surface area contributed by atoms with Crippen molar-refractivity contribution in [1.29, 1.82) is 0 Å². The summed E-state index contributed by atoms with van der Waals surface area (Å²) < 4.78 is 12.8. The van der Waals surface area contributed by atoms with Gasteiger partial charge in [0, 0.05) is 25.7 Å². The Balaban J connectivity index is 1.73. The molecule has 2 N–H and O–H groups in total. The van der Waals surface area contributed by atoms with Crippen molar-refractivity contribution in [3.8, 4) is 0 Å². The fourth-order valence-electron chi connectivity index (χ4n) is 3.29. The first-order chi connectivity index (χ1) is 12.0. The summed E-state index contributed by atoms with van der Waals surface area (Å²) in [6, 6.07) is 5.57. The summed E-state index contributed by atoms with van der Waals surface area (Å²) >= 11 is 0. The fraction of sp³-hybridized carbons (Fsp3) is 0.556. The summed E-state index contributed by atoms with van der Waals surface area (Å²) in [5.74, 6) is 1.69. The molecule has 0 radical (unpaired) electrons. The third kappa shape index (κ3) is 3.77. The van der Waals surface area contributed by atoms with Crippen molar-refractivity contribution < 1.29 is 13.9 Å². The van der Waals surface area contributed by atoms with Crippen LogP contribution < -0.4 is 5.73 Å². The summed E-state index contributed by atoms with van der Waals surface area (Å²) in [5, 5.41) is 4.41. The van der Waals surface area contributed by atoms with E-state index in [1.165, 1.54) is 0 Å². The quantitative estimate of drug-likeness (QED) is 0.805. The van der Waals surface area contributed by atoms with Crippen LogP contribution in [0.3, 0.4) is 0 Å². The van der Waals surface area contributed by atoms with Crippen molar-refractivity contribution in [3.63, 3.8) is 0 Å². The van der Waals surface area contributed by atoms with Crippen molar-refractivity contribution >= 4 is 5.91 Å². The first kappa shape index (κ1) is 17.7. The third-order valence-electron chi connectivity index (χ3n) is 4.55. The lowest BCUT2D eigenvalue weighted by atomic mass is 10.0. The number of aromatic nitrogens is 2. The van der Waals surface area contributed by atoms with E-state index in [-0.39, 0.29) is 17.9 Å². The van der Waals surface area contributed by atoms with Crippen LogP contribution in [-0.4, -0.2) is 52.9 Å². The van der Waals surface area contributed by atoms with Crippen LogP contribution in [0.2, 0.25) is 0 Å². The van der Waals surface area contributed by atoms with Crippen molar-refractivity contribution in [1.82, 2.24) is 14.7 Å². The van der Waals surface area contributed by atoms with Gasteiger partial charge >= 0.3 is 0 Å². The number of nitrogens with zero attached hydrogens (tertiary/aromatic N) is 3. The summed E-state index contributed by atoms with van der Waals surface area (Å²) in [6.45, 7) is 8.55. The zero-order valence-corrected chi connectivity index (χ0v) is 15.1. The lowest BCUT2D eigenvalue weighted by Crippen LogP contribution is -2.33. The number of carbonyl (C=O) groups excluding carboxylic acids is 1. The van der Waals surface area contributed by atoms with Gasteiger partial charge in [0.1, 0.15) is 17.2 Å². The third-order valence-corrected chi connectivity index (χ3v) is 4.55. The van der Waals surface area contributed by atoms with Gasteiger partial charge in [0.2, 0.25) is 0 Å². The number of likely N-dealkylation sites (tertiary alicyclic amines) is 1. The van der Waals surface area contributed by atoms with Crippen LogP contribution in [-0.2, 0) is 11.3 Å². The van der Waals surface area contributed by atoms with Crippen molar-refractivity contribution in [2.45, 2.75) is 39.3 Å². The zero-order valence-electron chi connectivity index (χ0n) is 15.1. The van der Waals surface area contributed by atoms with E-state index in [9.17, 15) is 4.79 Å². The molecule has 2 unspecified atom stereocenters. The van der Waals surface area contributed by atoms with E-state index in [2.05, 4.69) is 5.10 Å². The maximum absolute atomic E-state index is 13.0. The summed E-state index contributed by atoms with van der Waals surface area (Å²) in [7, 11) is 0. The number of aryl methyl sites for hydroxylation is 2. The molecule has 0 bridgehead atoms. The average Bonchev–Trinajstić information content (AvgIpc) is 3.26. The van der Waals surface area contributed by atoms with Crippen LogP contribution in [0, 0.1) is 13.8 Å². The molecule has 7 heteroatoms. The van der Waals surface area contributed by atoms with E-state index < -0.39 is 0 Å². The Morgan fingerprint density at radius 1 is 1.40 bits per heavy atom. The molecular weight excluding hydrogens is 320 g/mol. The molecule has 0 spiro atoms. The van der Waals surface area contributed by atoms with Crippen molar-refractivity contribution in [2.75, 3.05) is 26.3 Å². The lowest BCUT2D eigenvalue weighted by molar-refractivity contribution is 0.0770. The number of carbonyl (C=O) groups is 1. The highest BCUT2D eigenvalue weighted by atomic mass is 16.5. The van der Waals surface area contributed by atoms with E-state index in [0.717, 1.165) is 17.2 Å². The molecule has 1 aliphatic heterocycles. The van der Waals surface area contributed by atoms with E-state index in [1.54, 1.807) is 9.58 Å². The molecule has 2 aromatic heterocycles. The highest BCUT2D eigenvalue weighted by molar-refractivity contribution is 5.93. The Morgan fingerprint density at radius 2 is 2.20 bits per heavy atom. The molecule has 3 rings (SSSR count). The number of amides is 1. The zero-order chi connectivity index (χ0) is 18.0. The maximum atomic E-state index is 13.0. The predicted molar refractivity (Wildman–Crippen MR) is 93.5 cm³/mol. The Morgan fingerprint density at radius 3 is 2.88 bits per heavy atom. The molecule has 1 aliphatic rings. The van der Waals surface area contributed by atoms with Crippen LogP contribution in [0.4, 0.5) is 0 Å². The maximum Gasteiger partial charge on any atom is 0.272 e. The molecule has 0 aliphatic carbocycles. The SMILES string of the molecule is CCOCCn1nc(C)cc1C(=O)N1CC(N)C(c2ccc(C)o2)C1. The van der Waals surface area contributed by atoms with Gasteiger partial charge in [0.15, 0.2) is 0 Å². The molecule has 0 saturated carbocycles. The van der Waals surface area contributed by atoms with Crippen molar-refractivity contribution in [3.05, 3.63) is 41.1 Å². The summed E-state index contributed by atoms with van der Waals surface area (Å²) in [6.07, 6.45) is 0. The number of rotatable bonds is 6. The summed E-state index contributed by atoms with van der Waals surface area (Å²) in [5.41, 5.74) is 7.68. The van der Waals surface area contributed by atoms with Gasteiger partial charge in [-0.15, -0.1) is 0 Å². The molecule has 0 aromatic carbocycles. The van der Waals surface area contributed by atoms with E-state index in [4.69, 9.17) is 14.9 Å². The number of furan rings is 1. The minimum absolute atomic E-state index is 0.0264. The minimum Gasteiger partial charge on any atom is -0.466 e.